The second-order valence-corrected chi connectivity index (χ2v) is 8.00. The van der Waals surface area contributed by atoms with Crippen LogP contribution in [0.4, 0.5) is 10.5 Å². The van der Waals surface area contributed by atoms with E-state index in [1.807, 2.05) is 24.3 Å². The second kappa shape index (κ2) is 9.15. The second-order valence-electron chi connectivity index (χ2n) is 8.00. The van der Waals surface area contributed by atoms with Crippen molar-refractivity contribution in [2.24, 2.45) is 0 Å². The number of nitrogens with zero attached hydrogens (tertiary/aromatic N) is 1. The number of aromatic amines is 1. The molecule has 172 valence electrons. The normalized spacial score (nSPS) is 11.8. The van der Waals surface area contributed by atoms with Gasteiger partial charge in [0, 0.05) is 17.0 Å². The Hall–Kier alpha value is -4.90. The fourth-order valence-electron chi connectivity index (χ4n) is 4.33. The number of ether oxygens (including phenoxy) is 1. The quantitative estimate of drug-likeness (QED) is 0.265. The smallest absolute Gasteiger partial charge is 0.407 e. The fourth-order valence-corrected chi connectivity index (χ4v) is 4.33. The molecule has 8 nitrogen and oxygen atoms in total. The van der Waals surface area contributed by atoms with Gasteiger partial charge in [0.1, 0.15) is 6.61 Å². The van der Waals surface area contributed by atoms with Crippen LogP contribution in [0.5, 0.6) is 0 Å². The van der Waals surface area contributed by atoms with Crippen molar-refractivity contribution in [1.82, 2.24) is 10.3 Å². The van der Waals surface area contributed by atoms with Crippen LogP contribution in [0.3, 0.4) is 0 Å². The van der Waals surface area contributed by atoms with Gasteiger partial charge in [-0.2, -0.15) is 0 Å². The Morgan fingerprint density at radius 1 is 1.06 bits per heavy atom. The minimum atomic E-state index is -0.727. The van der Waals surface area contributed by atoms with E-state index in [4.69, 9.17) is 4.74 Å². The van der Waals surface area contributed by atoms with E-state index in [0.29, 0.717) is 11.1 Å². The van der Waals surface area contributed by atoms with Gasteiger partial charge in [-0.05, 0) is 40.5 Å². The summed E-state index contributed by atoms with van der Waals surface area (Å²) >= 11 is 0. The van der Waals surface area contributed by atoms with Gasteiger partial charge in [0.25, 0.3) is 5.43 Å². The number of carbonyl (C=O) groups is 1. The topological polar surface area (TPSA) is 114 Å². The van der Waals surface area contributed by atoms with Crippen molar-refractivity contribution in [3.63, 3.8) is 0 Å². The van der Waals surface area contributed by atoms with Crippen molar-refractivity contribution in [2.45, 2.75) is 5.92 Å². The van der Waals surface area contributed by atoms with Crippen LogP contribution in [-0.4, -0.2) is 29.2 Å². The SMILES string of the molecule is O=C(NCC#Cc1ccc2[nH]cc([N+](=O)[O-])c(=O)c2c1)OCC1c2ccccc2-c2ccccc21. The molecule has 1 heterocycles. The van der Waals surface area contributed by atoms with Crippen LogP contribution in [-0.2, 0) is 4.74 Å². The maximum atomic E-state index is 12.3. The lowest BCUT2D eigenvalue weighted by molar-refractivity contribution is -0.386. The van der Waals surface area contributed by atoms with Gasteiger partial charge >= 0.3 is 11.8 Å². The van der Waals surface area contributed by atoms with E-state index in [1.54, 1.807) is 12.1 Å². The van der Waals surface area contributed by atoms with E-state index >= 15 is 0 Å². The number of nitrogens with one attached hydrogen (secondary N) is 2. The van der Waals surface area contributed by atoms with Crippen molar-refractivity contribution < 1.29 is 14.5 Å². The molecule has 1 aliphatic carbocycles. The molecule has 0 spiro atoms. The van der Waals surface area contributed by atoms with Gasteiger partial charge in [0.05, 0.1) is 23.1 Å². The van der Waals surface area contributed by atoms with E-state index in [9.17, 15) is 19.7 Å². The number of alkyl carbamates (subject to hydrolysis) is 1. The zero-order chi connectivity index (χ0) is 24.4. The Morgan fingerprint density at radius 3 is 2.43 bits per heavy atom. The number of aromatic nitrogens is 1. The van der Waals surface area contributed by atoms with Gasteiger partial charge in [-0.1, -0.05) is 60.4 Å². The molecule has 0 fully saturated rings. The maximum Gasteiger partial charge on any atom is 0.407 e. The summed E-state index contributed by atoms with van der Waals surface area (Å²) in [6.45, 7) is 0.250. The van der Waals surface area contributed by atoms with Crippen LogP contribution in [0.15, 0.2) is 77.7 Å². The van der Waals surface area contributed by atoms with Gasteiger partial charge in [-0.3, -0.25) is 14.9 Å². The molecule has 1 aliphatic rings. The molecule has 0 saturated carbocycles. The average molecular weight is 465 g/mol. The zero-order valence-electron chi connectivity index (χ0n) is 18.4. The number of H-pyrrole nitrogens is 1. The minimum absolute atomic E-state index is 0.0287. The van der Waals surface area contributed by atoms with Gasteiger partial charge in [0.2, 0.25) is 0 Å². The van der Waals surface area contributed by atoms with E-state index < -0.39 is 22.1 Å². The zero-order valence-corrected chi connectivity index (χ0v) is 18.4. The molecular formula is C27H19N3O5. The first kappa shape index (κ1) is 21.9. The van der Waals surface area contributed by atoms with Crippen LogP contribution >= 0.6 is 0 Å². The largest absolute Gasteiger partial charge is 0.449 e. The molecule has 1 aromatic heterocycles. The number of nitro groups is 1. The van der Waals surface area contributed by atoms with Crippen LogP contribution in [0, 0.1) is 22.0 Å². The third-order valence-corrected chi connectivity index (χ3v) is 5.96. The van der Waals surface area contributed by atoms with E-state index in [1.165, 1.54) is 6.07 Å². The van der Waals surface area contributed by atoms with Crippen molar-refractivity contribution in [3.05, 3.63) is 110 Å². The summed E-state index contributed by atoms with van der Waals surface area (Å²) in [6, 6.07) is 21.0. The fraction of sp³-hybridized carbons (Fsp3) is 0.111. The first-order valence-corrected chi connectivity index (χ1v) is 10.9. The molecule has 3 aromatic carbocycles. The summed E-state index contributed by atoms with van der Waals surface area (Å²) < 4.78 is 5.47. The number of hydrogen-bond donors (Lipinski definition) is 2. The summed E-state index contributed by atoms with van der Waals surface area (Å²) in [5, 5.41) is 13.8. The Bertz CT molecular complexity index is 1550. The van der Waals surface area contributed by atoms with Gasteiger partial charge in [-0.15, -0.1) is 0 Å². The minimum Gasteiger partial charge on any atom is -0.449 e. The maximum absolute atomic E-state index is 12.3. The molecule has 0 aliphatic heterocycles. The highest BCUT2D eigenvalue weighted by Gasteiger charge is 2.28. The van der Waals surface area contributed by atoms with Crippen molar-refractivity contribution in [1.29, 1.82) is 0 Å². The Labute approximate surface area is 199 Å². The Morgan fingerprint density at radius 2 is 1.74 bits per heavy atom. The molecule has 0 saturated heterocycles. The molecule has 0 atom stereocenters. The standard InChI is InChI=1S/C27H19N3O5/c31-26-22-14-17(11-12-24(22)29-15-25(26)30(33)34)6-5-13-28-27(32)35-16-23-20-9-3-1-7-18(20)19-8-2-4-10-21(19)23/h1-4,7-12,14-15,23H,13,16H2,(H,28,32)(H,29,31). The molecule has 4 aromatic rings. The van der Waals surface area contributed by atoms with Crippen molar-refractivity contribution >= 4 is 22.7 Å². The summed E-state index contributed by atoms with van der Waals surface area (Å²) in [5.41, 5.74) is 4.34. The molecule has 35 heavy (non-hydrogen) atoms. The summed E-state index contributed by atoms with van der Waals surface area (Å²) in [6.07, 6.45) is 0.501. The van der Waals surface area contributed by atoms with E-state index in [0.717, 1.165) is 28.5 Å². The Balaban J connectivity index is 1.22. The van der Waals surface area contributed by atoms with E-state index in [2.05, 4.69) is 46.4 Å². The van der Waals surface area contributed by atoms with Gasteiger partial charge < -0.3 is 15.0 Å². The number of amides is 1. The van der Waals surface area contributed by atoms with Crippen molar-refractivity contribution in [2.75, 3.05) is 13.2 Å². The molecule has 5 rings (SSSR count). The highest BCUT2D eigenvalue weighted by Crippen LogP contribution is 2.44. The van der Waals surface area contributed by atoms with Gasteiger partial charge in [-0.25, -0.2) is 4.79 Å². The summed E-state index contributed by atoms with van der Waals surface area (Å²) in [5.74, 6) is 5.62. The highest BCUT2D eigenvalue weighted by atomic mass is 16.6. The monoisotopic (exact) mass is 465 g/mol. The first-order chi connectivity index (χ1) is 17.0. The predicted octanol–water partition coefficient (Wildman–Crippen LogP) is 4.33. The lowest BCUT2D eigenvalue weighted by Crippen LogP contribution is -2.26. The number of carbonyl (C=O) groups excluding carboxylic acids is 1. The number of rotatable bonds is 4. The molecule has 0 unspecified atom stereocenters. The molecule has 1 amide bonds. The lowest BCUT2D eigenvalue weighted by atomic mass is 9.98. The van der Waals surface area contributed by atoms with Crippen LogP contribution < -0.4 is 10.7 Å². The molecule has 8 heteroatoms. The number of pyridine rings is 1. The first-order valence-electron chi connectivity index (χ1n) is 10.9. The average Bonchev–Trinajstić information content (AvgIpc) is 3.19. The summed E-state index contributed by atoms with van der Waals surface area (Å²) in [4.78, 5) is 37.5. The lowest BCUT2D eigenvalue weighted by Gasteiger charge is -2.14. The number of fused-ring (bicyclic) bond motifs is 4. The van der Waals surface area contributed by atoms with Crippen LogP contribution in [0.1, 0.15) is 22.6 Å². The Kier molecular flexibility index (Phi) is 5.73. The molecular weight excluding hydrogens is 446 g/mol. The highest BCUT2D eigenvalue weighted by molar-refractivity contribution is 5.82. The predicted molar refractivity (Wildman–Crippen MR) is 131 cm³/mol. The third-order valence-electron chi connectivity index (χ3n) is 5.96. The number of hydrogen-bond acceptors (Lipinski definition) is 5. The number of benzene rings is 3. The van der Waals surface area contributed by atoms with Gasteiger partial charge in [0.15, 0.2) is 0 Å². The molecule has 0 radical (unpaired) electrons. The van der Waals surface area contributed by atoms with E-state index in [-0.39, 0.29) is 24.5 Å². The van der Waals surface area contributed by atoms with Crippen LogP contribution in [0.2, 0.25) is 0 Å². The van der Waals surface area contributed by atoms with Crippen molar-refractivity contribution in [3.8, 4) is 23.0 Å². The summed E-state index contributed by atoms with van der Waals surface area (Å²) in [7, 11) is 0. The molecule has 2 N–H and O–H groups in total. The van der Waals surface area contributed by atoms with Crippen LogP contribution in [0.25, 0.3) is 22.0 Å². The third kappa shape index (κ3) is 4.23. The molecule has 0 bridgehead atoms.